The predicted molar refractivity (Wildman–Crippen MR) is 106 cm³/mol. The molecule has 0 spiro atoms. The molecule has 0 unspecified atom stereocenters. The first kappa shape index (κ1) is 17.6. The number of hydrogen-bond acceptors (Lipinski definition) is 6. The van der Waals surface area contributed by atoms with Gasteiger partial charge in [0.25, 0.3) is 5.91 Å². The van der Waals surface area contributed by atoms with Crippen LogP contribution < -0.4 is 15.5 Å². The second-order valence-electron chi connectivity index (χ2n) is 5.31. The number of anilines is 1. The Morgan fingerprint density at radius 3 is 3.00 bits per heavy atom. The fourth-order valence-electron chi connectivity index (χ4n) is 2.16. The van der Waals surface area contributed by atoms with E-state index in [1.54, 1.807) is 12.3 Å². The van der Waals surface area contributed by atoms with Crippen LogP contribution in [0.1, 0.15) is 5.56 Å². The number of hydrazone groups is 1. The van der Waals surface area contributed by atoms with E-state index in [4.69, 9.17) is 4.74 Å². The summed E-state index contributed by atoms with van der Waals surface area (Å²) in [5.41, 5.74) is 4.22. The molecule has 0 saturated heterocycles. The number of para-hydroxylation sites is 1. The largest absolute Gasteiger partial charge is 0.490 e. The van der Waals surface area contributed by atoms with Crippen molar-refractivity contribution in [1.82, 2.24) is 10.4 Å². The maximum absolute atomic E-state index is 11.9. The van der Waals surface area contributed by atoms with Gasteiger partial charge in [-0.15, -0.1) is 0 Å². The van der Waals surface area contributed by atoms with E-state index in [9.17, 15) is 4.79 Å². The Hall–Kier alpha value is -3.19. The van der Waals surface area contributed by atoms with Crippen molar-refractivity contribution < 1.29 is 9.53 Å². The van der Waals surface area contributed by atoms with Gasteiger partial charge in [-0.1, -0.05) is 48.3 Å². The fraction of sp³-hybridized carbons (Fsp3) is 0.105. The first-order chi connectivity index (χ1) is 12.7. The van der Waals surface area contributed by atoms with E-state index in [0.29, 0.717) is 11.7 Å². The third kappa shape index (κ3) is 4.90. The number of benzene rings is 2. The minimum Gasteiger partial charge on any atom is -0.490 e. The first-order valence-electron chi connectivity index (χ1n) is 8.00. The summed E-state index contributed by atoms with van der Waals surface area (Å²) in [6, 6.07) is 15.2. The van der Waals surface area contributed by atoms with Crippen LogP contribution in [-0.2, 0) is 4.79 Å². The Bertz CT molecular complexity index is 903. The molecule has 0 aliphatic heterocycles. The topological polar surface area (TPSA) is 75.6 Å². The van der Waals surface area contributed by atoms with Crippen LogP contribution in [0.4, 0.5) is 5.13 Å². The maximum atomic E-state index is 11.9. The summed E-state index contributed by atoms with van der Waals surface area (Å²) in [6.45, 7) is 4.15. The van der Waals surface area contributed by atoms with Crippen LogP contribution in [0.3, 0.4) is 0 Å². The van der Waals surface area contributed by atoms with E-state index >= 15 is 0 Å². The predicted octanol–water partition coefficient (Wildman–Crippen LogP) is 3.42. The van der Waals surface area contributed by atoms with Gasteiger partial charge in [0.15, 0.2) is 5.13 Å². The number of ether oxygens (including phenoxy) is 1. The molecule has 0 fully saturated rings. The highest BCUT2D eigenvalue weighted by Crippen LogP contribution is 2.24. The third-order valence-corrected chi connectivity index (χ3v) is 4.32. The molecule has 0 saturated carbocycles. The van der Waals surface area contributed by atoms with Crippen molar-refractivity contribution in [1.29, 1.82) is 0 Å². The minimum atomic E-state index is -0.250. The Balaban J connectivity index is 1.49. The van der Waals surface area contributed by atoms with Crippen LogP contribution in [0, 0.1) is 0 Å². The van der Waals surface area contributed by atoms with Gasteiger partial charge in [-0.2, -0.15) is 5.10 Å². The molecule has 132 valence electrons. The van der Waals surface area contributed by atoms with Crippen LogP contribution in [0.25, 0.3) is 10.2 Å². The van der Waals surface area contributed by atoms with Crippen molar-refractivity contribution in [3.05, 3.63) is 66.7 Å². The summed E-state index contributed by atoms with van der Waals surface area (Å²) in [4.78, 5) is 16.3. The van der Waals surface area contributed by atoms with E-state index in [1.165, 1.54) is 11.3 Å². The monoisotopic (exact) mass is 366 g/mol. The molecule has 0 atom stereocenters. The lowest BCUT2D eigenvalue weighted by molar-refractivity contribution is -0.119. The molecule has 2 N–H and O–H groups in total. The lowest BCUT2D eigenvalue weighted by Crippen LogP contribution is -2.25. The molecular formula is C19H18N4O2S. The zero-order valence-electron chi connectivity index (χ0n) is 14.0. The summed E-state index contributed by atoms with van der Waals surface area (Å²) in [7, 11) is 0. The van der Waals surface area contributed by atoms with Gasteiger partial charge in [0.1, 0.15) is 12.4 Å². The smallest absolute Gasteiger partial charge is 0.259 e. The lowest BCUT2D eigenvalue weighted by Gasteiger charge is -2.03. The highest BCUT2D eigenvalue weighted by molar-refractivity contribution is 7.22. The molecule has 7 heteroatoms. The average molecular weight is 366 g/mol. The van der Waals surface area contributed by atoms with Crippen molar-refractivity contribution >= 4 is 38.8 Å². The van der Waals surface area contributed by atoms with Crippen LogP contribution in [0.2, 0.25) is 0 Å². The van der Waals surface area contributed by atoms with Crippen LogP contribution in [0.5, 0.6) is 5.75 Å². The first-order valence-corrected chi connectivity index (χ1v) is 8.81. The fourth-order valence-corrected chi connectivity index (χ4v) is 3.02. The lowest BCUT2D eigenvalue weighted by atomic mass is 10.2. The number of hydrogen-bond donors (Lipinski definition) is 2. The molecule has 2 aromatic carbocycles. The summed E-state index contributed by atoms with van der Waals surface area (Å²) in [6.07, 6.45) is 3.25. The Kier molecular flexibility index (Phi) is 5.95. The molecule has 1 amide bonds. The van der Waals surface area contributed by atoms with E-state index < -0.39 is 0 Å². The van der Waals surface area contributed by atoms with E-state index in [2.05, 4.69) is 27.4 Å². The maximum Gasteiger partial charge on any atom is 0.259 e. The van der Waals surface area contributed by atoms with Crippen molar-refractivity contribution in [2.45, 2.75) is 0 Å². The highest BCUT2D eigenvalue weighted by atomic mass is 32.1. The number of nitrogens with one attached hydrogen (secondary N) is 2. The number of carbonyl (C=O) groups is 1. The van der Waals surface area contributed by atoms with Gasteiger partial charge in [-0.3, -0.25) is 4.79 Å². The summed E-state index contributed by atoms with van der Waals surface area (Å²) in [5.74, 6) is 0.470. The van der Waals surface area contributed by atoms with Gasteiger partial charge in [-0.25, -0.2) is 10.4 Å². The Morgan fingerprint density at radius 1 is 1.27 bits per heavy atom. The molecule has 3 rings (SSSR count). The molecule has 1 heterocycles. The van der Waals surface area contributed by atoms with Crippen LogP contribution >= 0.6 is 11.3 Å². The molecule has 0 bridgehead atoms. The Labute approximate surface area is 155 Å². The van der Waals surface area contributed by atoms with E-state index in [1.807, 2.05) is 48.5 Å². The quantitative estimate of drug-likeness (QED) is 0.364. The van der Waals surface area contributed by atoms with Gasteiger partial charge >= 0.3 is 0 Å². The minimum absolute atomic E-state index is 0.0969. The standard InChI is InChI=1S/C19H18N4O2S/c1-2-10-25-15-7-5-6-14(11-15)12-21-23-18(24)13-20-19-22-16-8-3-4-9-17(16)26-19/h2-9,11-12H,1,10,13H2,(H,20,22)(H,23,24)/b21-12-. The number of nitrogens with zero attached hydrogens (tertiary/aromatic N) is 2. The summed E-state index contributed by atoms with van der Waals surface area (Å²) >= 11 is 1.51. The molecular weight excluding hydrogens is 348 g/mol. The van der Waals surface area contributed by atoms with E-state index in [0.717, 1.165) is 21.5 Å². The zero-order valence-corrected chi connectivity index (χ0v) is 14.8. The van der Waals surface area contributed by atoms with Crippen LogP contribution in [0.15, 0.2) is 66.3 Å². The molecule has 0 radical (unpaired) electrons. The number of aromatic nitrogens is 1. The summed E-state index contributed by atoms with van der Waals surface area (Å²) < 4.78 is 6.53. The van der Waals surface area contributed by atoms with Gasteiger partial charge in [0.05, 0.1) is 23.0 Å². The second kappa shape index (κ2) is 8.77. The second-order valence-corrected chi connectivity index (χ2v) is 6.34. The SMILES string of the molecule is C=CCOc1cccc(/C=N\NC(=O)CNc2nc3ccccc3s2)c1. The normalized spacial score (nSPS) is 10.8. The number of carbonyl (C=O) groups excluding carboxylic acids is 1. The zero-order chi connectivity index (χ0) is 18.2. The molecule has 1 aromatic heterocycles. The average Bonchev–Trinajstić information content (AvgIpc) is 3.08. The number of fused-ring (bicyclic) bond motifs is 1. The van der Waals surface area contributed by atoms with Gasteiger partial charge < -0.3 is 10.1 Å². The van der Waals surface area contributed by atoms with Crippen molar-refractivity contribution in [2.24, 2.45) is 5.10 Å². The van der Waals surface area contributed by atoms with E-state index in [-0.39, 0.29) is 12.5 Å². The highest BCUT2D eigenvalue weighted by Gasteiger charge is 2.04. The number of thiazole rings is 1. The molecule has 3 aromatic rings. The molecule has 0 aliphatic carbocycles. The molecule has 0 aliphatic rings. The number of rotatable bonds is 8. The van der Waals surface area contributed by atoms with Gasteiger partial charge in [0, 0.05) is 0 Å². The van der Waals surface area contributed by atoms with Gasteiger partial charge in [-0.05, 0) is 29.8 Å². The third-order valence-electron chi connectivity index (χ3n) is 3.32. The van der Waals surface area contributed by atoms with Crippen molar-refractivity contribution in [3.63, 3.8) is 0 Å². The van der Waals surface area contributed by atoms with Crippen molar-refractivity contribution in [2.75, 3.05) is 18.5 Å². The Morgan fingerprint density at radius 2 is 2.15 bits per heavy atom. The summed E-state index contributed by atoms with van der Waals surface area (Å²) in [5, 5.41) is 7.67. The molecule has 26 heavy (non-hydrogen) atoms. The molecule has 6 nitrogen and oxygen atoms in total. The van der Waals surface area contributed by atoms with Crippen LogP contribution in [-0.4, -0.2) is 30.3 Å². The van der Waals surface area contributed by atoms with Gasteiger partial charge in [0.2, 0.25) is 0 Å². The van der Waals surface area contributed by atoms with Crippen molar-refractivity contribution in [3.8, 4) is 5.75 Å². The number of amides is 1.